The highest BCUT2D eigenvalue weighted by molar-refractivity contribution is 9.10. The topological polar surface area (TPSA) is 84.9 Å². The fourth-order valence-electron chi connectivity index (χ4n) is 4.54. The fourth-order valence-corrected chi connectivity index (χ4v) is 5.11. The van der Waals surface area contributed by atoms with E-state index in [1.165, 1.54) is 11.0 Å². The lowest BCUT2D eigenvalue weighted by molar-refractivity contribution is -0.132. The van der Waals surface area contributed by atoms with Crippen LogP contribution in [0, 0.1) is 6.92 Å². The summed E-state index contributed by atoms with van der Waals surface area (Å²) >= 11 is 3.55. The average molecular weight is 541 g/mol. The SMILES string of the molecule is CCOc1cc(C=C2C(=O)NC(=O)N(C3CCCCC3)C2=O)cc(Br)c1OCc1cccc(C)c1. The molecule has 0 atom stereocenters. The van der Waals surface area contributed by atoms with Crippen LogP contribution >= 0.6 is 15.9 Å². The molecule has 0 spiro atoms. The first-order valence-electron chi connectivity index (χ1n) is 11.9. The summed E-state index contributed by atoms with van der Waals surface area (Å²) in [5.74, 6) is -0.223. The minimum Gasteiger partial charge on any atom is -0.490 e. The predicted octanol–water partition coefficient (Wildman–Crippen LogP) is 5.53. The lowest BCUT2D eigenvalue weighted by Crippen LogP contribution is -2.58. The predicted molar refractivity (Wildman–Crippen MR) is 136 cm³/mol. The Hall–Kier alpha value is -3.13. The van der Waals surface area contributed by atoms with Crippen molar-refractivity contribution in [3.05, 3.63) is 63.1 Å². The second kappa shape index (κ2) is 11.1. The molecular weight excluding hydrogens is 512 g/mol. The molecule has 4 amide bonds. The number of hydrogen-bond acceptors (Lipinski definition) is 5. The molecule has 0 unspecified atom stereocenters. The van der Waals surface area contributed by atoms with E-state index in [2.05, 4.69) is 27.3 Å². The molecule has 4 rings (SSSR count). The molecule has 0 bridgehead atoms. The van der Waals surface area contributed by atoms with E-state index in [1.54, 1.807) is 12.1 Å². The van der Waals surface area contributed by atoms with Gasteiger partial charge in [0.15, 0.2) is 11.5 Å². The summed E-state index contributed by atoms with van der Waals surface area (Å²) in [6, 6.07) is 10.7. The van der Waals surface area contributed by atoms with Crippen LogP contribution in [0.2, 0.25) is 0 Å². The molecule has 2 aromatic rings. The van der Waals surface area contributed by atoms with Crippen LogP contribution in [0.5, 0.6) is 11.5 Å². The van der Waals surface area contributed by atoms with Gasteiger partial charge >= 0.3 is 6.03 Å². The summed E-state index contributed by atoms with van der Waals surface area (Å²) in [5, 5.41) is 2.33. The first-order chi connectivity index (χ1) is 16.9. The maximum absolute atomic E-state index is 13.2. The van der Waals surface area contributed by atoms with Gasteiger partial charge in [-0.3, -0.25) is 19.8 Å². The third kappa shape index (κ3) is 5.75. The fraction of sp³-hybridized carbons (Fsp3) is 0.370. The van der Waals surface area contributed by atoms with Gasteiger partial charge in [-0.05, 0) is 72.0 Å². The van der Waals surface area contributed by atoms with Crippen LogP contribution in [0.4, 0.5) is 4.79 Å². The number of ether oxygens (including phenoxy) is 2. The van der Waals surface area contributed by atoms with Crippen molar-refractivity contribution in [2.24, 2.45) is 0 Å². The van der Waals surface area contributed by atoms with Gasteiger partial charge in [-0.1, -0.05) is 49.1 Å². The summed E-state index contributed by atoms with van der Waals surface area (Å²) in [4.78, 5) is 39.5. The highest BCUT2D eigenvalue weighted by atomic mass is 79.9. The first-order valence-corrected chi connectivity index (χ1v) is 12.7. The Morgan fingerprint density at radius 3 is 2.57 bits per heavy atom. The highest BCUT2D eigenvalue weighted by Crippen LogP contribution is 2.38. The monoisotopic (exact) mass is 540 g/mol. The lowest BCUT2D eigenvalue weighted by Gasteiger charge is -2.35. The Morgan fingerprint density at radius 2 is 1.86 bits per heavy atom. The van der Waals surface area contributed by atoms with E-state index in [-0.39, 0.29) is 11.6 Å². The van der Waals surface area contributed by atoms with Crippen LogP contribution in [-0.2, 0) is 16.2 Å². The molecule has 2 aliphatic rings. The summed E-state index contributed by atoms with van der Waals surface area (Å²) < 4.78 is 12.5. The van der Waals surface area contributed by atoms with E-state index < -0.39 is 17.8 Å². The Bertz CT molecular complexity index is 1170. The van der Waals surface area contributed by atoms with Crippen molar-refractivity contribution < 1.29 is 23.9 Å². The summed E-state index contributed by atoms with van der Waals surface area (Å²) in [7, 11) is 0. The van der Waals surface area contributed by atoms with Crippen LogP contribution < -0.4 is 14.8 Å². The largest absolute Gasteiger partial charge is 0.490 e. The molecule has 0 aromatic heterocycles. The molecular formula is C27H29BrN2O5. The Balaban J connectivity index is 1.62. The number of halogens is 1. The number of rotatable bonds is 7. The number of carbonyl (C=O) groups excluding carboxylic acids is 3. The third-order valence-corrected chi connectivity index (χ3v) is 6.77. The number of amides is 4. The summed E-state index contributed by atoms with van der Waals surface area (Å²) in [5.41, 5.74) is 2.69. The van der Waals surface area contributed by atoms with E-state index in [1.807, 2.05) is 32.0 Å². The highest BCUT2D eigenvalue weighted by Gasteiger charge is 2.40. The molecule has 184 valence electrons. The molecule has 1 heterocycles. The van der Waals surface area contributed by atoms with Gasteiger partial charge in [-0.15, -0.1) is 0 Å². The second-order valence-electron chi connectivity index (χ2n) is 8.83. The van der Waals surface area contributed by atoms with Crippen molar-refractivity contribution >= 4 is 39.9 Å². The molecule has 2 aromatic carbocycles. The zero-order valence-electron chi connectivity index (χ0n) is 19.9. The van der Waals surface area contributed by atoms with E-state index in [4.69, 9.17) is 9.47 Å². The van der Waals surface area contributed by atoms with Crippen molar-refractivity contribution in [3.8, 4) is 11.5 Å². The van der Waals surface area contributed by atoms with E-state index in [0.717, 1.165) is 43.2 Å². The van der Waals surface area contributed by atoms with Gasteiger partial charge in [0.2, 0.25) is 0 Å². The van der Waals surface area contributed by atoms with Crippen LogP contribution in [0.3, 0.4) is 0 Å². The molecule has 35 heavy (non-hydrogen) atoms. The van der Waals surface area contributed by atoms with Crippen molar-refractivity contribution in [1.29, 1.82) is 0 Å². The standard InChI is InChI=1S/C27H29BrN2O5/c1-3-34-23-15-19(14-22(28)24(23)35-16-18-9-7-8-17(2)12-18)13-21-25(31)29-27(33)30(26(21)32)20-10-5-4-6-11-20/h7-9,12-15,20H,3-6,10-11,16H2,1-2H3,(H,29,31,33). The Labute approximate surface area is 213 Å². The molecule has 8 heteroatoms. The molecule has 2 fully saturated rings. The molecule has 1 N–H and O–H groups in total. The quantitative estimate of drug-likeness (QED) is 0.368. The van der Waals surface area contributed by atoms with Crippen LogP contribution in [0.1, 0.15) is 55.7 Å². The molecule has 7 nitrogen and oxygen atoms in total. The third-order valence-electron chi connectivity index (χ3n) is 6.18. The van der Waals surface area contributed by atoms with Crippen molar-refractivity contribution in [2.75, 3.05) is 6.61 Å². The number of nitrogens with one attached hydrogen (secondary N) is 1. The number of hydrogen-bond donors (Lipinski definition) is 1. The number of imide groups is 2. The van der Waals surface area contributed by atoms with Crippen molar-refractivity contribution in [2.45, 2.75) is 58.6 Å². The maximum Gasteiger partial charge on any atom is 0.331 e. The molecule has 1 aliphatic carbocycles. The smallest absolute Gasteiger partial charge is 0.331 e. The first kappa shape index (κ1) is 25.0. The second-order valence-corrected chi connectivity index (χ2v) is 9.68. The van der Waals surface area contributed by atoms with Gasteiger partial charge in [0.1, 0.15) is 12.2 Å². The number of aryl methyl sites for hydroxylation is 1. The molecule has 1 saturated carbocycles. The summed E-state index contributed by atoms with van der Waals surface area (Å²) in [6.45, 7) is 4.67. The van der Waals surface area contributed by atoms with E-state index >= 15 is 0 Å². The van der Waals surface area contributed by atoms with Gasteiger partial charge in [0, 0.05) is 6.04 Å². The molecule has 1 aliphatic heterocycles. The van der Waals surface area contributed by atoms with Crippen LogP contribution in [0.25, 0.3) is 6.08 Å². The number of benzene rings is 2. The van der Waals surface area contributed by atoms with Crippen LogP contribution in [0.15, 0.2) is 46.4 Å². The van der Waals surface area contributed by atoms with Crippen molar-refractivity contribution in [1.82, 2.24) is 10.2 Å². The zero-order chi connectivity index (χ0) is 24.9. The maximum atomic E-state index is 13.2. The molecule has 1 saturated heterocycles. The van der Waals surface area contributed by atoms with E-state index in [9.17, 15) is 14.4 Å². The van der Waals surface area contributed by atoms with E-state index in [0.29, 0.717) is 34.7 Å². The van der Waals surface area contributed by atoms with Crippen LogP contribution in [-0.4, -0.2) is 35.4 Å². The Kier molecular flexibility index (Phi) is 7.90. The van der Waals surface area contributed by atoms with Gasteiger partial charge in [-0.2, -0.15) is 0 Å². The van der Waals surface area contributed by atoms with Gasteiger partial charge < -0.3 is 9.47 Å². The molecule has 0 radical (unpaired) electrons. The lowest BCUT2D eigenvalue weighted by atomic mass is 9.93. The van der Waals surface area contributed by atoms with Crippen molar-refractivity contribution in [3.63, 3.8) is 0 Å². The zero-order valence-corrected chi connectivity index (χ0v) is 21.5. The van der Waals surface area contributed by atoms with Gasteiger partial charge in [0.05, 0.1) is 11.1 Å². The summed E-state index contributed by atoms with van der Waals surface area (Å²) in [6.07, 6.45) is 6.03. The minimum absolute atomic E-state index is 0.0713. The number of barbiturate groups is 1. The average Bonchev–Trinajstić information content (AvgIpc) is 2.82. The normalized spacial score (nSPS) is 18.1. The minimum atomic E-state index is -0.694. The Morgan fingerprint density at radius 1 is 1.09 bits per heavy atom. The van der Waals surface area contributed by atoms with Gasteiger partial charge in [0.25, 0.3) is 11.8 Å². The number of carbonyl (C=O) groups is 3. The number of urea groups is 1. The van der Waals surface area contributed by atoms with Gasteiger partial charge in [-0.25, -0.2) is 4.79 Å². The number of nitrogens with zero attached hydrogens (tertiary/aromatic N) is 1.